The largest absolute Gasteiger partial charge is 0.503 e. The van der Waals surface area contributed by atoms with Crippen LogP contribution in [0.5, 0.6) is 5.75 Å². The number of aliphatic hydroxyl groups is 1. The number of aliphatic hydroxyl groups excluding tert-OH is 1. The second kappa shape index (κ2) is 10.3. The van der Waals surface area contributed by atoms with Gasteiger partial charge >= 0.3 is 0 Å². The highest BCUT2D eigenvalue weighted by molar-refractivity contribution is 6.16. The van der Waals surface area contributed by atoms with Crippen molar-refractivity contribution in [1.29, 1.82) is 0 Å². The molecule has 1 aliphatic heterocycles. The molecule has 0 bridgehead atoms. The lowest BCUT2D eigenvalue weighted by molar-refractivity contribution is -0.130. The molecule has 0 unspecified atom stereocenters. The molecule has 39 heavy (non-hydrogen) atoms. The zero-order valence-corrected chi connectivity index (χ0v) is 21.0. The molecule has 2 heterocycles. The fourth-order valence-corrected chi connectivity index (χ4v) is 4.89. The van der Waals surface area contributed by atoms with Crippen molar-refractivity contribution in [3.05, 3.63) is 149 Å². The number of ketones is 1. The van der Waals surface area contributed by atoms with E-state index in [9.17, 15) is 14.7 Å². The van der Waals surface area contributed by atoms with Crippen LogP contribution in [0.1, 0.15) is 33.3 Å². The molecule has 6 nitrogen and oxygen atoms in total. The van der Waals surface area contributed by atoms with Gasteiger partial charge in [0.15, 0.2) is 11.5 Å². The van der Waals surface area contributed by atoms with Gasteiger partial charge in [0, 0.05) is 11.9 Å². The first-order chi connectivity index (χ1) is 19.1. The molecule has 0 radical (unpaired) electrons. The van der Waals surface area contributed by atoms with Gasteiger partial charge in [-0.3, -0.25) is 9.59 Å². The van der Waals surface area contributed by atoms with Gasteiger partial charge in [-0.1, -0.05) is 91.0 Å². The molecule has 1 atom stereocenters. The number of para-hydroxylation sites is 1. The Balaban J connectivity index is 1.34. The number of nitrogens with zero attached hydrogens (tertiary/aromatic N) is 1. The standard InChI is InChI=1S/C33H25NO5/c35-31(28-19-25-13-7-8-14-27(25)39-28)29-30(34(33(37)32(29)36)20-22-9-3-1-4-10-22)24-15-17-26(18-16-24)38-21-23-11-5-2-6-12-23/h1-19,30,36H,20-21H2/t30-/m0/s1. The average Bonchev–Trinajstić information content (AvgIpc) is 3.52. The number of amides is 1. The van der Waals surface area contributed by atoms with Crippen molar-refractivity contribution in [2.75, 3.05) is 0 Å². The maximum Gasteiger partial charge on any atom is 0.290 e. The number of fused-ring (bicyclic) bond motifs is 1. The van der Waals surface area contributed by atoms with Gasteiger partial charge in [-0.25, -0.2) is 0 Å². The number of carbonyl (C=O) groups excluding carboxylic acids is 2. The van der Waals surface area contributed by atoms with Crippen molar-refractivity contribution in [2.45, 2.75) is 19.2 Å². The summed E-state index contributed by atoms with van der Waals surface area (Å²) in [7, 11) is 0. The van der Waals surface area contributed by atoms with Gasteiger partial charge in [0.25, 0.3) is 5.91 Å². The highest BCUT2D eigenvalue weighted by Crippen LogP contribution is 2.41. The van der Waals surface area contributed by atoms with E-state index in [4.69, 9.17) is 9.15 Å². The molecular weight excluding hydrogens is 490 g/mol. The Morgan fingerprint density at radius 3 is 2.15 bits per heavy atom. The summed E-state index contributed by atoms with van der Waals surface area (Å²) >= 11 is 0. The zero-order valence-electron chi connectivity index (χ0n) is 21.0. The summed E-state index contributed by atoms with van der Waals surface area (Å²) in [5.74, 6) is -0.972. The lowest BCUT2D eigenvalue weighted by Crippen LogP contribution is -2.30. The molecule has 1 amide bonds. The summed E-state index contributed by atoms with van der Waals surface area (Å²) < 4.78 is 11.7. The molecule has 0 aliphatic carbocycles. The van der Waals surface area contributed by atoms with Crippen LogP contribution < -0.4 is 4.74 Å². The van der Waals surface area contributed by atoms with E-state index in [-0.39, 0.29) is 17.9 Å². The van der Waals surface area contributed by atoms with E-state index in [0.29, 0.717) is 23.5 Å². The van der Waals surface area contributed by atoms with Crippen molar-refractivity contribution >= 4 is 22.7 Å². The molecule has 4 aromatic carbocycles. The van der Waals surface area contributed by atoms with Crippen LogP contribution in [0.4, 0.5) is 0 Å². The zero-order chi connectivity index (χ0) is 26.8. The Labute approximate surface area is 225 Å². The first-order valence-corrected chi connectivity index (χ1v) is 12.7. The quantitative estimate of drug-likeness (QED) is 0.230. The van der Waals surface area contributed by atoms with Gasteiger partial charge in [0.2, 0.25) is 5.78 Å². The van der Waals surface area contributed by atoms with Crippen LogP contribution in [0.15, 0.2) is 131 Å². The second-order valence-electron chi connectivity index (χ2n) is 9.40. The summed E-state index contributed by atoms with van der Waals surface area (Å²) in [6.45, 7) is 0.635. The number of Topliss-reactive ketones (excluding diaryl/α,β-unsaturated/α-hetero) is 1. The number of hydrogen-bond donors (Lipinski definition) is 1. The molecule has 1 aliphatic rings. The van der Waals surface area contributed by atoms with E-state index in [0.717, 1.165) is 16.5 Å². The number of benzene rings is 4. The third-order valence-corrected chi connectivity index (χ3v) is 6.84. The molecule has 5 aromatic rings. The highest BCUT2D eigenvalue weighted by atomic mass is 16.5. The van der Waals surface area contributed by atoms with Gasteiger partial charge in [-0.2, -0.15) is 0 Å². The highest BCUT2D eigenvalue weighted by Gasteiger charge is 2.44. The fraction of sp³-hybridized carbons (Fsp3) is 0.0909. The minimum Gasteiger partial charge on any atom is -0.503 e. The predicted octanol–water partition coefficient (Wildman–Crippen LogP) is 6.79. The number of carbonyl (C=O) groups is 2. The van der Waals surface area contributed by atoms with Crippen LogP contribution in [0.25, 0.3) is 11.0 Å². The number of furan rings is 1. The molecule has 6 rings (SSSR count). The summed E-state index contributed by atoms with van der Waals surface area (Å²) in [5, 5.41) is 11.8. The minimum absolute atomic E-state index is 0.00654. The van der Waals surface area contributed by atoms with Crippen LogP contribution in [0, 0.1) is 0 Å². The van der Waals surface area contributed by atoms with Crippen molar-refractivity contribution in [3.8, 4) is 5.75 Å². The summed E-state index contributed by atoms with van der Waals surface area (Å²) in [6, 6.07) is 34.7. The predicted molar refractivity (Wildman–Crippen MR) is 147 cm³/mol. The van der Waals surface area contributed by atoms with Crippen molar-refractivity contribution in [2.24, 2.45) is 0 Å². The normalized spacial score (nSPS) is 15.2. The van der Waals surface area contributed by atoms with Crippen LogP contribution in [-0.2, 0) is 17.9 Å². The SMILES string of the molecule is O=C(C1=C(O)C(=O)N(Cc2ccccc2)[C@H]1c1ccc(OCc2ccccc2)cc1)c1cc2ccccc2o1. The average molecular weight is 516 g/mol. The first kappa shape index (κ1) is 24.2. The van der Waals surface area contributed by atoms with Gasteiger partial charge in [-0.05, 0) is 41.0 Å². The van der Waals surface area contributed by atoms with Crippen LogP contribution in [0.2, 0.25) is 0 Å². The first-order valence-electron chi connectivity index (χ1n) is 12.7. The topological polar surface area (TPSA) is 80.0 Å². The molecule has 0 fully saturated rings. The van der Waals surface area contributed by atoms with E-state index in [1.54, 1.807) is 12.1 Å². The van der Waals surface area contributed by atoms with E-state index in [1.807, 2.05) is 103 Å². The number of ether oxygens (including phenoxy) is 1. The Hall–Kier alpha value is -5.10. The third kappa shape index (κ3) is 4.80. The van der Waals surface area contributed by atoms with Crippen LogP contribution in [0.3, 0.4) is 0 Å². The third-order valence-electron chi connectivity index (χ3n) is 6.84. The van der Waals surface area contributed by atoms with Crippen molar-refractivity contribution in [1.82, 2.24) is 4.90 Å². The molecule has 0 spiro atoms. The molecular formula is C33H25NO5. The number of hydrogen-bond acceptors (Lipinski definition) is 5. The number of rotatable bonds is 8. The second-order valence-corrected chi connectivity index (χ2v) is 9.40. The van der Waals surface area contributed by atoms with Crippen LogP contribution in [-0.4, -0.2) is 21.7 Å². The Morgan fingerprint density at radius 1 is 0.821 bits per heavy atom. The smallest absolute Gasteiger partial charge is 0.290 e. The minimum atomic E-state index is -0.804. The molecule has 6 heteroatoms. The molecule has 1 N–H and O–H groups in total. The molecule has 192 valence electrons. The molecule has 0 saturated heterocycles. The van der Waals surface area contributed by atoms with Gasteiger partial charge < -0.3 is 19.2 Å². The molecule has 1 aromatic heterocycles. The summed E-state index contributed by atoms with van der Waals surface area (Å²) in [5.41, 5.74) is 3.15. The van der Waals surface area contributed by atoms with E-state index < -0.39 is 23.5 Å². The Kier molecular flexibility index (Phi) is 6.43. The van der Waals surface area contributed by atoms with Crippen LogP contribution >= 0.6 is 0 Å². The monoisotopic (exact) mass is 515 g/mol. The van der Waals surface area contributed by atoms with E-state index >= 15 is 0 Å². The van der Waals surface area contributed by atoms with Gasteiger partial charge in [0.05, 0.1) is 11.6 Å². The van der Waals surface area contributed by atoms with Gasteiger partial charge in [-0.15, -0.1) is 0 Å². The maximum atomic E-state index is 13.8. The summed E-state index contributed by atoms with van der Waals surface area (Å²) in [6.07, 6.45) is 0. The van der Waals surface area contributed by atoms with Gasteiger partial charge in [0.1, 0.15) is 17.9 Å². The van der Waals surface area contributed by atoms with E-state index in [2.05, 4.69) is 0 Å². The Morgan fingerprint density at radius 2 is 1.46 bits per heavy atom. The lowest BCUT2D eigenvalue weighted by atomic mass is 9.94. The lowest BCUT2D eigenvalue weighted by Gasteiger charge is -2.27. The van der Waals surface area contributed by atoms with Crippen molar-refractivity contribution in [3.63, 3.8) is 0 Å². The maximum absolute atomic E-state index is 13.8. The molecule has 0 saturated carbocycles. The Bertz CT molecular complexity index is 1640. The fourth-order valence-electron chi connectivity index (χ4n) is 4.89. The summed E-state index contributed by atoms with van der Waals surface area (Å²) in [4.78, 5) is 28.6. The van der Waals surface area contributed by atoms with E-state index in [1.165, 1.54) is 4.90 Å². The van der Waals surface area contributed by atoms with Crippen molar-refractivity contribution < 1.29 is 23.8 Å².